The number of rotatable bonds is 2. The maximum absolute atomic E-state index is 12.7. The van der Waals surface area contributed by atoms with Crippen molar-refractivity contribution in [1.82, 2.24) is 9.97 Å². The number of carbonyl (C=O) groups is 1. The number of fused-ring (bicyclic) bond motifs is 2. The van der Waals surface area contributed by atoms with E-state index in [0.29, 0.717) is 17.1 Å². The Labute approximate surface area is 127 Å². The molecule has 22 heavy (non-hydrogen) atoms. The minimum atomic E-state index is -0.0637. The molecule has 0 saturated heterocycles. The van der Waals surface area contributed by atoms with E-state index < -0.39 is 0 Å². The molecule has 4 N–H and O–H groups in total. The first-order valence-corrected chi connectivity index (χ1v) is 7.14. The Kier molecular flexibility index (Phi) is 2.60. The molecule has 2 heterocycles. The van der Waals surface area contributed by atoms with E-state index in [4.69, 9.17) is 5.73 Å². The third-order valence-electron chi connectivity index (χ3n) is 4.07. The third kappa shape index (κ3) is 1.81. The van der Waals surface area contributed by atoms with Crippen molar-refractivity contribution in [2.24, 2.45) is 0 Å². The molecule has 0 spiro atoms. The fourth-order valence-electron chi connectivity index (χ4n) is 2.88. The van der Waals surface area contributed by atoms with E-state index in [2.05, 4.69) is 9.97 Å². The van der Waals surface area contributed by atoms with Crippen LogP contribution in [-0.4, -0.2) is 15.8 Å². The highest BCUT2D eigenvalue weighted by atomic mass is 16.1. The smallest absolute Gasteiger partial charge is 0.225 e. The van der Waals surface area contributed by atoms with Crippen molar-refractivity contribution in [3.05, 3.63) is 65.5 Å². The van der Waals surface area contributed by atoms with Gasteiger partial charge in [0.05, 0.1) is 11.4 Å². The predicted octanol–water partition coefficient (Wildman–Crippen LogP) is 3.77. The maximum atomic E-state index is 12.7. The SMILES string of the molecule is Cc1cccc2[nH]c(C(=O)c3cc4c(N)cccc4[nH]3)cc12. The van der Waals surface area contributed by atoms with Gasteiger partial charge in [-0.15, -0.1) is 0 Å². The molecule has 0 amide bonds. The second-order valence-corrected chi connectivity index (χ2v) is 5.54. The van der Waals surface area contributed by atoms with Crippen molar-refractivity contribution in [3.8, 4) is 0 Å². The minimum Gasteiger partial charge on any atom is -0.398 e. The van der Waals surface area contributed by atoms with Crippen molar-refractivity contribution in [2.75, 3.05) is 5.73 Å². The largest absolute Gasteiger partial charge is 0.398 e. The van der Waals surface area contributed by atoms with Gasteiger partial charge in [0.15, 0.2) is 0 Å². The van der Waals surface area contributed by atoms with Gasteiger partial charge in [-0.1, -0.05) is 18.2 Å². The van der Waals surface area contributed by atoms with E-state index in [1.807, 2.05) is 55.5 Å². The van der Waals surface area contributed by atoms with Gasteiger partial charge in [0.25, 0.3) is 0 Å². The quantitative estimate of drug-likeness (QED) is 0.388. The summed E-state index contributed by atoms with van der Waals surface area (Å²) in [6, 6.07) is 15.3. The van der Waals surface area contributed by atoms with Crippen LogP contribution in [0.2, 0.25) is 0 Å². The number of H-pyrrole nitrogens is 2. The molecule has 4 heteroatoms. The first-order valence-electron chi connectivity index (χ1n) is 7.14. The minimum absolute atomic E-state index is 0.0637. The Morgan fingerprint density at radius 2 is 1.50 bits per heavy atom. The van der Waals surface area contributed by atoms with Gasteiger partial charge in [-0.05, 0) is 42.8 Å². The first kappa shape index (κ1) is 12.7. The van der Waals surface area contributed by atoms with Crippen LogP contribution in [0.15, 0.2) is 48.5 Å². The fraction of sp³-hybridized carbons (Fsp3) is 0.0556. The zero-order valence-corrected chi connectivity index (χ0v) is 12.1. The summed E-state index contributed by atoms with van der Waals surface area (Å²) < 4.78 is 0. The normalized spacial score (nSPS) is 11.3. The summed E-state index contributed by atoms with van der Waals surface area (Å²) in [5.74, 6) is -0.0637. The van der Waals surface area contributed by atoms with Gasteiger partial charge >= 0.3 is 0 Å². The van der Waals surface area contributed by atoms with E-state index in [0.717, 1.165) is 27.4 Å². The lowest BCUT2D eigenvalue weighted by molar-refractivity contribution is 0.103. The number of nitrogens with one attached hydrogen (secondary N) is 2. The highest BCUT2D eigenvalue weighted by Gasteiger charge is 2.15. The van der Waals surface area contributed by atoms with Crippen molar-refractivity contribution in [2.45, 2.75) is 6.92 Å². The highest BCUT2D eigenvalue weighted by molar-refractivity contribution is 6.12. The van der Waals surface area contributed by atoms with Crippen LogP contribution in [-0.2, 0) is 0 Å². The lowest BCUT2D eigenvalue weighted by Gasteiger charge is -1.93. The summed E-state index contributed by atoms with van der Waals surface area (Å²) in [4.78, 5) is 19.0. The second kappa shape index (κ2) is 4.49. The average Bonchev–Trinajstić information content (AvgIpc) is 3.11. The van der Waals surface area contributed by atoms with E-state index in [9.17, 15) is 4.79 Å². The van der Waals surface area contributed by atoms with Crippen LogP contribution >= 0.6 is 0 Å². The molecule has 0 aliphatic heterocycles. The van der Waals surface area contributed by atoms with Gasteiger partial charge in [0.2, 0.25) is 5.78 Å². The lowest BCUT2D eigenvalue weighted by Crippen LogP contribution is -2.01. The average molecular weight is 289 g/mol. The number of ketones is 1. The molecule has 0 radical (unpaired) electrons. The zero-order chi connectivity index (χ0) is 15.3. The summed E-state index contributed by atoms with van der Waals surface area (Å²) in [5.41, 5.74) is 10.7. The number of nitrogens with two attached hydrogens (primary N) is 1. The maximum Gasteiger partial charge on any atom is 0.225 e. The molecule has 0 unspecified atom stereocenters. The van der Waals surface area contributed by atoms with Gasteiger partial charge in [-0.2, -0.15) is 0 Å². The van der Waals surface area contributed by atoms with Crippen molar-refractivity contribution in [1.29, 1.82) is 0 Å². The van der Waals surface area contributed by atoms with Crippen molar-refractivity contribution < 1.29 is 4.79 Å². The molecule has 4 rings (SSSR count). The summed E-state index contributed by atoms with van der Waals surface area (Å²) >= 11 is 0. The van der Waals surface area contributed by atoms with Gasteiger partial charge in [0.1, 0.15) is 0 Å². The van der Waals surface area contributed by atoms with Gasteiger partial charge < -0.3 is 15.7 Å². The first-order chi connectivity index (χ1) is 10.6. The van der Waals surface area contributed by atoms with Crippen LogP contribution < -0.4 is 5.73 Å². The molecule has 2 aromatic carbocycles. The second-order valence-electron chi connectivity index (χ2n) is 5.54. The number of hydrogen-bond donors (Lipinski definition) is 3. The number of benzene rings is 2. The topological polar surface area (TPSA) is 74.7 Å². The van der Waals surface area contributed by atoms with Crippen LogP contribution in [0, 0.1) is 6.92 Å². The molecule has 2 aromatic heterocycles. The Morgan fingerprint density at radius 3 is 2.14 bits per heavy atom. The van der Waals surface area contributed by atoms with Crippen LogP contribution in [0.1, 0.15) is 21.7 Å². The van der Waals surface area contributed by atoms with Gasteiger partial charge in [-0.3, -0.25) is 4.79 Å². The number of aromatic amines is 2. The van der Waals surface area contributed by atoms with E-state index in [-0.39, 0.29) is 5.78 Å². The summed E-state index contributed by atoms with van der Waals surface area (Å²) in [5, 5.41) is 1.94. The van der Waals surface area contributed by atoms with Crippen molar-refractivity contribution in [3.63, 3.8) is 0 Å². The molecule has 108 valence electrons. The molecule has 0 aliphatic rings. The third-order valence-corrected chi connectivity index (χ3v) is 4.07. The monoisotopic (exact) mass is 289 g/mol. The van der Waals surface area contributed by atoms with E-state index >= 15 is 0 Å². The van der Waals surface area contributed by atoms with E-state index in [1.165, 1.54) is 0 Å². The van der Waals surface area contributed by atoms with Crippen LogP contribution in [0.3, 0.4) is 0 Å². The lowest BCUT2D eigenvalue weighted by atomic mass is 10.1. The highest BCUT2D eigenvalue weighted by Crippen LogP contribution is 2.25. The molecular weight excluding hydrogens is 274 g/mol. The standard InChI is InChI=1S/C18H15N3O/c1-10-4-2-6-14-11(10)8-16(20-14)18(22)17-9-12-13(19)5-3-7-15(12)21-17/h2-9,20-21H,19H2,1H3. The van der Waals surface area contributed by atoms with Crippen LogP contribution in [0.25, 0.3) is 21.8 Å². The Balaban J connectivity index is 1.84. The number of nitrogen functional groups attached to an aromatic ring is 1. The molecule has 0 atom stereocenters. The number of hydrogen-bond acceptors (Lipinski definition) is 2. The molecule has 0 fully saturated rings. The Hall–Kier alpha value is -3.01. The molecule has 4 nitrogen and oxygen atoms in total. The number of anilines is 1. The summed E-state index contributed by atoms with van der Waals surface area (Å²) in [6.07, 6.45) is 0. The Bertz CT molecular complexity index is 941. The van der Waals surface area contributed by atoms with Gasteiger partial charge in [-0.25, -0.2) is 0 Å². The van der Waals surface area contributed by atoms with Crippen molar-refractivity contribution >= 4 is 33.3 Å². The molecule has 0 aliphatic carbocycles. The molecule has 0 bridgehead atoms. The van der Waals surface area contributed by atoms with E-state index in [1.54, 1.807) is 0 Å². The van der Waals surface area contributed by atoms with Crippen LogP contribution in [0.4, 0.5) is 5.69 Å². The zero-order valence-electron chi connectivity index (χ0n) is 12.1. The number of aryl methyl sites for hydroxylation is 1. The van der Waals surface area contributed by atoms with Gasteiger partial charge in [0, 0.05) is 27.5 Å². The predicted molar refractivity (Wildman–Crippen MR) is 89.2 cm³/mol. The number of carbonyl (C=O) groups excluding carboxylic acids is 1. The fourth-order valence-corrected chi connectivity index (χ4v) is 2.88. The summed E-state index contributed by atoms with van der Waals surface area (Å²) in [7, 11) is 0. The van der Waals surface area contributed by atoms with Crippen LogP contribution in [0.5, 0.6) is 0 Å². The Morgan fingerprint density at radius 1 is 0.909 bits per heavy atom. The molecule has 4 aromatic rings. The summed E-state index contributed by atoms with van der Waals surface area (Å²) in [6.45, 7) is 2.04. The molecule has 0 saturated carbocycles. The number of aromatic nitrogens is 2. The molecular formula is C18H15N3O.